The Balaban J connectivity index is 1.91. The lowest BCUT2D eigenvalue weighted by Gasteiger charge is -2.29. The second-order valence-corrected chi connectivity index (χ2v) is 8.77. The average molecular weight is 472 g/mol. The van der Waals surface area contributed by atoms with E-state index < -0.39 is 11.5 Å². The van der Waals surface area contributed by atoms with Crippen LogP contribution in [0, 0.1) is 0 Å². The van der Waals surface area contributed by atoms with Crippen molar-refractivity contribution in [3.8, 4) is 16.3 Å². The monoisotopic (exact) mass is 471 g/mol. The summed E-state index contributed by atoms with van der Waals surface area (Å²) in [4.78, 5) is 46.0. The average Bonchev–Trinajstić information content (AvgIpc) is 3.24. The van der Waals surface area contributed by atoms with Crippen molar-refractivity contribution in [2.75, 3.05) is 52.4 Å². The molecule has 11 heteroatoms. The number of morpholine rings is 1. The van der Waals surface area contributed by atoms with Crippen molar-refractivity contribution < 1.29 is 19.1 Å². The molecule has 3 aromatic rings. The van der Waals surface area contributed by atoms with E-state index >= 15 is 0 Å². The number of nitrogens with zero attached hydrogens (tertiary/aromatic N) is 4. The van der Waals surface area contributed by atoms with Crippen LogP contribution in [0.15, 0.2) is 29.2 Å². The molecule has 1 aliphatic rings. The lowest BCUT2D eigenvalue weighted by atomic mass is 10.1. The number of aromatic nitrogens is 2. The van der Waals surface area contributed by atoms with Gasteiger partial charge in [0.1, 0.15) is 22.8 Å². The molecule has 174 valence electrons. The molecule has 2 aromatic heterocycles. The number of thiazole rings is 1. The number of fused-ring (bicyclic) bond motifs is 1. The zero-order valence-electron chi connectivity index (χ0n) is 18.7. The van der Waals surface area contributed by atoms with Crippen LogP contribution < -0.4 is 20.9 Å². The number of primary amides is 1. The molecule has 2 N–H and O–H groups in total. The van der Waals surface area contributed by atoms with Crippen LogP contribution in [0.4, 0.5) is 5.69 Å². The van der Waals surface area contributed by atoms with Crippen LogP contribution >= 0.6 is 11.3 Å². The molecule has 2 amide bonds. The zero-order chi connectivity index (χ0) is 23.7. The highest BCUT2D eigenvalue weighted by Crippen LogP contribution is 2.40. The number of hydrogen-bond acceptors (Lipinski definition) is 8. The van der Waals surface area contributed by atoms with Crippen LogP contribution in [-0.2, 0) is 16.1 Å². The Labute approximate surface area is 194 Å². The molecule has 0 aliphatic carbocycles. The molecular weight excluding hydrogens is 446 g/mol. The van der Waals surface area contributed by atoms with E-state index in [1.807, 2.05) is 12.1 Å². The fourth-order valence-electron chi connectivity index (χ4n) is 3.69. The minimum atomic E-state index is -0.743. The van der Waals surface area contributed by atoms with Gasteiger partial charge in [-0.25, -0.2) is 4.98 Å². The van der Waals surface area contributed by atoms with E-state index in [1.165, 1.54) is 33.1 Å². The lowest BCUT2D eigenvalue weighted by molar-refractivity contribution is -0.129. The summed E-state index contributed by atoms with van der Waals surface area (Å²) >= 11 is 1.29. The third kappa shape index (κ3) is 4.29. The van der Waals surface area contributed by atoms with Crippen molar-refractivity contribution >= 4 is 39.1 Å². The highest BCUT2D eigenvalue weighted by Gasteiger charge is 2.24. The Hall–Kier alpha value is -3.44. The smallest absolute Gasteiger partial charge is 0.262 e. The molecule has 0 unspecified atom stereocenters. The predicted molar refractivity (Wildman–Crippen MR) is 126 cm³/mol. The first-order chi connectivity index (χ1) is 15.8. The summed E-state index contributed by atoms with van der Waals surface area (Å²) in [5.41, 5.74) is 6.76. The summed E-state index contributed by atoms with van der Waals surface area (Å²) in [7, 11) is 4.78. The molecule has 1 aliphatic heterocycles. The minimum absolute atomic E-state index is 0.0551. The van der Waals surface area contributed by atoms with Gasteiger partial charge in [0.25, 0.3) is 5.56 Å². The molecule has 33 heavy (non-hydrogen) atoms. The predicted octanol–water partition coefficient (Wildman–Crippen LogP) is 1.16. The van der Waals surface area contributed by atoms with Crippen molar-refractivity contribution in [2.24, 2.45) is 5.73 Å². The van der Waals surface area contributed by atoms with Gasteiger partial charge in [-0.15, -0.1) is 11.3 Å². The Morgan fingerprint density at radius 2 is 1.97 bits per heavy atom. The minimum Gasteiger partial charge on any atom is -0.494 e. The Morgan fingerprint density at radius 3 is 2.61 bits per heavy atom. The Bertz CT molecular complexity index is 1280. The summed E-state index contributed by atoms with van der Waals surface area (Å²) in [5, 5.41) is 0.342. The van der Waals surface area contributed by atoms with Crippen molar-refractivity contribution in [1.82, 2.24) is 14.5 Å². The number of likely N-dealkylation sites (N-methyl/N-ethyl adjacent to an activating group) is 1. The summed E-state index contributed by atoms with van der Waals surface area (Å²) in [6.45, 7) is 2.53. The third-order valence-corrected chi connectivity index (χ3v) is 6.60. The normalized spacial score (nSPS) is 13.8. The summed E-state index contributed by atoms with van der Waals surface area (Å²) in [5.74, 6) is -0.438. The maximum Gasteiger partial charge on any atom is 0.262 e. The van der Waals surface area contributed by atoms with E-state index in [1.54, 1.807) is 21.2 Å². The molecule has 4 rings (SSSR count). The van der Waals surface area contributed by atoms with E-state index in [2.05, 4.69) is 9.88 Å². The van der Waals surface area contributed by atoms with Gasteiger partial charge in [-0.2, -0.15) is 0 Å². The number of carbonyl (C=O) groups excluding carboxylic acids is 2. The van der Waals surface area contributed by atoms with Crippen molar-refractivity contribution in [1.29, 1.82) is 0 Å². The van der Waals surface area contributed by atoms with Gasteiger partial charge in [-0.05, 0) is 18.2 Å². The SMILES string of the molecule is COc1ccc(N2CCOCC2)c2sc(-c3c(C(N)=O)ccn(CC(=O)N(C)C)c3=O)nc12. The molecule has 0 radical (unpaired) electrons. The van der Waals surface area contributed by atoms with Crippen LogP contribution in [0.1, 0.15) is 10.4 Å². The fraction of sp³-hybridized carbons (Fsp3) is 0.364. The topological polar surface area (TPSA) is 120 Å². The fourth-order valence-corrected chi connectivity index (χ4v) is 4.87. The van der Waals surface area contributed by atoms with E-state index in [4.69, 9.17) is 15.2 Å². The van der Waals surface area contributed by atoms with E-state index in [0.29, 0.717) is 29.5 Å². The van der Waals surface area contributed by atoms with Crippen molar-refractivity contribution in [3.63, 3.8) is 0 Å². The number of ether oxygens (including phenoxy) is 2. The van der Waals surface area contributed by atoms with E-state index in [9.17, 15) is 14.4 Å². The van der Waals surface area contributed by atoms with Crippen LogP contribution in [0.3, 0.4) is 0 Å². The molecule has 1 aromatic carbocycles. The number of rotatable bonds is 6. The third-order valence-electron chi connectivity index (χ3n) is 5.51. The first kappa shape index (κ1) is 22.7. The molecule has 1 fully saturated rings. The van der Waals surface area contributed by atoms with Gasteiger partial charge in [0.05, 0.1) is 41.8 Å². The van der Waals surface area contributed by atoms with Gasteiger partial charge in [0, 0.05) is 33.4 Å². The van der Waals surface area contributed by atoms with E-state index in [0.717, 1.165) is 23.5 Å². The summed E-state index contributed by atoms with van der Waals surface area (Å²) in [6, 6.07) is 5.25. The van der Waals surface area contributed by atoms with Gasteiger partial charge in [-0.1, -0.05) is 0 Å². The number of methoxy groups -OCH3 is 1. The van der Waals surface area contributed by atoms with Gasteiger partial charge >= 0.3 is 0 Å². The second kappa shape index (κ2) is 9.20. The summed E-state index contributed by atoms with van der Waals surface area (Å²) < 4.78 is 13.1. The number of carbonyl (C=O) groups is 2. The molecule has 10 nitrogen and oxygen atoms in total. The van der Waals surface area contributed by atoms with Crippen LogP contribution in [0.5, 0.6) is 5.75 Å². The molecule has 0 atom stereocenters. The highest BCUT2D eigenvalue weighted by molar-refractivity contribution is 7.22. The van der Waals surface area contributed by atoms with Crippen LogP contribution in [0.2, 0.25) is 0 Å². The lowest BCUT2D eigenvalue weighted by Crippen LogP contribution is -2.36. The zero-order valence-corrected chi connectivity index (χ0v) is 19.5. The molecule has 0 spiro atoms. The largest absolute Gasteiger partial charge is 0.494 e. The van der Waals surface area contributed by atoms with Gasteiger partial charge < -0.3 is 29.6 Å². The van der Waals surface area contributed by atoms with Gasteiger partial charge in [0.15, 0.2) is 0 Å². The van der Waals surface area contributed by atoms with Crippen molar-refractivity contribution in [3.05, 3.63) is 40.3 Å². The van der Waals surface area contributed by atoms with Crippen molar-refractivity contribution in [2.45, 2.75) is 6.54 Å². The highest BCUT2D eigenvalue weighted by atomic mass is 32.1. The molecule has 0 bridgehead atoms. The Kier molecular flexibility index (Phi) is 6.34. The van der Waals surface area contributed by atoms with E-state index in [-0.39, 0.29) is 23.6 Å². The standard InChI is InChI=1S/C22H25N5O5S/c1-25(2)16(28)12-27-7-6-13(20(23)29)17(22(27)30)21-24-18-15(31-3)5-4-14(19(18)33-21)26-8-10-32-11-9-26/h4-7H,8-12H2,1-3H3,(H2,23,29). The number of benzene rings is 1. The molecule has 0 saturated carbocycles. The first-order valence-corrected chi connectivity index (χ1v) is 11.2. The second-order valence-electron chi connectivity index (χ2n) is 7.77. The maximum absolute atomic E-state index is 13.4. The number of nitrogens with two attached hydrogens (primary N) is 1. The maximum atomic E-state index is 13.4. The van der Waals surface area contributed by atoms with Crippen LogP contribution in [-0.4, -0.2) is 73.8 Å². The molecular formula is C22H25N5O5S. The quantitative estimate of drug-likeness (QED) is 0.573. The van der Waals surface area contributed by atoms with Gasteiger partial charge in [-0.3, -0.25) is 14.4 Å². The number of anilines is 1. The van der Waals surface area contributed by atoms with Gasteiger partial charge in [0.2, 0.25) is 11.8 Å². The molecule has 1 saturated heterocycles. The van der Waals surface area contributed by atoms with Crippen LogP contribution in [0.25, 0.3) is 20.8 Å². The summed E-state index contributed by atoms with van der Waals surface area (Å²) in [6.07, 6.45) is 1.40. The number of hydrogen-bond donors (Lipinski definition) is 1. The number of amides is 2. The first-order valence-electron chi connectivity index (χ1n) is 10.4. The Morgan fingerprint density at radius 1 is 1.24 bits per heavy atom. The molecule has 3 heterocycles. The number of pyridine rings is 1.